The minimum atomic E-state index is -0.414. The van der Waals surface area contributed by atoms with Gasteiger partial charge in [0.25, 0.3) is 0 Å². The molecule has 0 aliphatic carbocycles. The van der Waals surface area contributed by atoms with Crippen molar-refractivity contribution >= 4 is 5.78 Å². The largest absolute Gasteiger partial charge is 0.472 e. The molecule has 2 unspecified atom stereocenters. The van der Waals surface area contributed by atoms with Crippen LogP contribution in [0.25, 0.3) is 0 Å². The molecule has 3 nitrogen and oxygen atoms in total. The molecule has 0 spiro atoms. The van der Waals surface area contributed by atoms with Crippen LogP contribution in [0.1, 0.15) is 30.6 Å². The Balaban J connectivity index is 2.68. The van der Waals surface area contributed by atoms with Gasteiger partial charge in [-0.15, -0.1) is 0 Å². The minimum absolute atomic E-state index is 0.0388. The third-order valence-corrected chi connectivity index (χ3v) is 2.37. The molecule has 0 aliphatic rings. The number of nitrogens with two attached hydrogens (primary N) is 1. The quantitative estimate of drug-likeness (QED) is 0.721. The summed E-state index contributed by atoms with van der Waals surface area (Å²) in [5.74, 6) is 0.172. The summed E-state index contributed by atoms with van der Waals surface area (Å²) in [4.78, 5) is 11.6. The summed E-state index contributed by atoms with van der Waals surface area (Å²) in [6.07, 6.45) is 3.83. The summed E-state index contributed by atoms with van der Waals surface area (Å²) in [7, 11) is 0. The Hall–Kier alpha value is -1.09. The van der Waals surface area contributed by atoms with Gasteiger partial charge in [0.15, 0.2) is 5.78 Å². The van der Waals surface area contributed by atoms with Crippen LogP contribution in [-0.2, 0) is 0 Å². The van der Waals surface area contributed by atoms with Gasteiger partial charge in [0, 0.05) is 0 Å². The van der Waals surface area contributed by atoms with Crippen molar-refractivity contribution in [1.29, 1.82) is 0 Å². The molecule has 13 heavy (non-hydrogen) atoms. The number of furan rings is 1. The van der Waals surface area contributed by atoms with Crippen molar-refractivity contribution in [2.24, 2.45) is 11.7 Å². The molecule has 72 valence electrons. The smallest absolute Gasteiger partial charge is 0.182 e. The third-order valence-electron chi connectivity index (χ3n) is 2.37. The van der Waals surface area contributed by atoms with Gasteiger partial charge in [-0.2, -0.15) is 0 Å². The maximum atomic E-state index is 11.6. The highest BCUT2D eigenvalue weighted by Gasteiger charge is 2.21. The highest BCUT2D eigenvalue weighted by atomic mass is 16.3. The van der Waals surface area contributed by atoms with Crippen LogP contribution >= 0.6 is 0 Å². The van der Waals surface area contributed by atoms with E-state index in [2.05, 4.69) is 0 Å². The van der Waals surface area contributed by atoms with Gasteiger partial charge in [-0.25, -0.2) is 0 Å². The van der Waals surface area contributed by atoms with Gasteiger partial charge in [0.1, 0.15) is 6.26 Å². The van der Waals surface area contributed by atoms with Crippen molar-refractivity contribution in [3.05, 3.63) is 24.2 Å². The fraction of sp³-hybridized carbons (Fsp3) is 0.500. The van der Waals surface area contributed by atoms with Crippen LogP contribution in [0.2, 0.25) is 0 Å². The summed E-state index contributed by atoms with van der Waals surface area (Å²) >= 11 is 0. The van der Waals surface area contributed by atoms with E-state index in [4.69, 9.17) is 10.2 Å². The van der Waals surface area contributed by atoms with Crippen molar-refractivity contribution in [2.75, 3.05) is 0 Å². The van der Waals surface area contributed by atoms with Gasteiger partial charge < -0.3 is 10.2 Å². The molecule has 3 heteroatoms. The summed E-state index contributed by atoms with van der Waals surface area (Å²) in [5.41, 5.74) is 6.33. The van der Waals surface area contributed by atoms with Crippen molar-refractivity contribution in [2.45, 2.75) is 26.3 Å². The molecular formula is C10H15NO2. The topological polar surface area (TPSA) is 56.2 Å². The van der Waals surface area contributed by atoms with Gasteiger partial charge in [-0.3, -0.25) is 4.79 Å². The molecule has 0 amide bonds. The van der Waals surface area contributed by atoms with Gasteiger partial charge in [0.2, 0.25) is 0 Å². The Bertz CT molecular complexity index is 266. The zero-order valence-corrected chi connectivity index (χ0v) is 7.99. The van der Waals surface area contributed by atoms with E-state index in [0.717, 1.165) is 6.42 Å². The average molecular weight is 181 g/mol. The SMILES string of the molecule is CCC(C)C(N)C(=O)c1ccoc1. The molecule has 0 bridgehead atoms. The molecule has 2 atom stereocenters. The maximum absolute atomic E-state index is 11.6. The van der Waals surface area contributed by atoms with E-state index < -0.39 is 6.04 Å². The van der Waals surface area contributed by atoms with Crippen LogP contribution in [0.15, 0.2) is 23.0 Å². The molecule has 0 saturated heterocycles. The fourth-order valence-electron chi connectivity index (χ4n) is 1.11. The number of hydrogen-bond acceptors (Lipinski definition) is 3. The standard InChI is InChI=1S/C10H15NO2/c1-3-7(2)9(11)10(12)8-4-5-13-6-8/h4-7,9H,3,11H2,1-2H3. The first-order valence-electron chi connectivity index (χ1n) is 4.48. The van der Waals surface area contributed by atoms with Crippen molar-refractivity contribution in [3.63, 3.8) is 0 Å². The molecule has 1 heterocycles. The number of carbonyl (C=O) groups excluding carboxylic acids is 1. The number of hydrogen-bond donors (Lipinski definition) is 1. The predicted molar refractivity (Wildman–Crippen MR) is 50.5 cm³/mol. The Morgan fingerprint density at radius 3 is 2.85 bits per heavy atom. The second-order valence-electron chi connectivity index (χ2n) is 3.29. The summed E-state index contributed by atoms with van der Waals surface area (Å²) in [6, 6.07) is 1.23. The van der Waals surface area contributed by atoms with E-state index in [1.54, 1.807) is 6.07 Å². The van der Waals surface area contributed by atoms with Crippen LogP contribution < -0.4 is 5.73 Å². The molecule has 0 aliphatic heterocycles. The summed E-state index contributed by atoms with van der Waals surface area (Å²) < 4.78 is 4.82. The van der Waals surface area contributed by atoms with E-state index in [9.17, 15) is 4.79 Å². The van der Waals surface area contributed by atoms with Gasteiger partial charge in [0.05, 0.1) is 17.9 Å². The molecule has 0 aromatic carbocycles. The summed E-state index contributed by atoms with van der Waals surface area (Å²) in [6.45, 7) is 4.00. The highest BCUT2D eigenvalue weighted by molar-refractivity contribution is 5.99. The zero-order valence-electron chi connectivity index (χ0n) is 7.99. The Labute approximate surface area is 77.9 Å². The first kappa shape index (κ1) is 9.99. The first-order chi connectivity index (χ1) is 6.16. The summed E-state index contributed by atoms with van der Waals surface area (Å²) in [5, 5.41) is 0. The lowest BCUT2D eigenvalue weighted by atomic mass is 9.94. The minimum Gasteiger partial charge on any atom is -0.472 e. The van der Waals surface area contributed by atoms with Gasteiger partial charge >= 0.3 is 0 Å². The molecule has 0 fully saturated rings. The lowest BCUT2D eigenvalue weighted by Gasteiger charge is -2.15. The predicted octanol–water partition coefficient (Wildman–Crippen LogP) is 1.84. The third kappa shape index (κ3) is 2.18. The Kier molecular flexibility index (Phi) is 3.25. The number of Topliss-reactive ketones (excluding diaryl/α,β-unsaturated/α-hetero) is 1. The van der Waals surface area contributed by atoms with Crippen molar-refractivity contribution in [3.8, 4) is 0 Å². The van der Waals surface area contributed by atoms with Gasteiger partial charge in [-0.1, -0.05) is 20.3 Å². The van der Waals surface area contributed by atoms with E-state index in [-0.39, 0.29) is 11.7 Å². The van der Waals surface area contributed by atoms with E-state index in [0.29, 0.717) is 5.56 Å². The van der Waals surface area contributed by atoms with E-state index in [1.807, 2.05) is 13.8 Å². The Morgan fingerprint density at radius 2 is 2.38 bits per heavy atom. The second-order valence-corrected chi connectivity index (χ2v) is 3.29. The fourth-order valence-corrected chi connectivity index (χ4v) is 1.11. The van der Waals surface area contributed by atoms with Crippen molar-refractivity contribution in [1.82, 2.24) is 0 Å². The highest BCUT2D eigenvalue weighted by Crippen LogP contribution is 2.11. The first-order valence-corrected chi connectivity index (χ1v) is 4.48. The molecule has 1 aromatic heterocycles. The number of rotatable bonds is 4. The normalized spacial score (nSPS) is 15.3. The van der Waals surface area contributed by atoms with E-state index in [1.165, 1.54) is 12.5 Å². The molecule has 0 radical (unpaired) electrons. The van der Waals surface area contributed by atoms with E-state index >= 15 is 0 Å². The van der Waals surface area contributed by atoms with Crippen LogP contribution in [0.3, 0.4) is 0 Å². The molecule has 1 rings (SSSR count). The van der Waals surface area contributed by atoms with Crippen molar-refractivity contribution < 1.29 is 9.21 Å². The number of carbonyl (C=O) groups is 1. The number of ketones is 1. The van der Waals surface area contributed by atoms with Crippen LogP contribution in [-0.4, -0.2) is 11.8 Å². The Morgan fingerprint density at radius 1 is 1.69 bits per heavy atom. The maximum Gasteiger partial charge on any atom is 0.182 e. The lowest BCUT2D eigenvalue weighted by molar-refractivity contribution is 0.0934. The second kappa shape index (κ2) is 4.23. The average Bonchev–Trinajstić information content (AvgIpc) is 2.67. The molecular weight excluding hydrogens is 166 g/mol. The zero-order chi connectivity index (χ0) is 9.84. The molecule has 2 N–H and O–H groups in total. The van der Waals surface area contributed by atoms with Gasteiger partial charge in [-0.05, 0) is 12.0 Å². The van der Waals surface area contributed by atoms with Crippen LogP contribution in [0.4, 0.5) is 0 Å². The van der Waals surface area contributed by atoms with Crippen LogP contribution in [0.5, 0.6) is 0 Å². The monoisotopic (exact) mass is 181 g/mol. The molecule has 0 saturated carbocycles. The molecule has 1 aromatic rings. The lowest BCUT2D eigenvalue weighted by Crippen LogP contribution is -2.36. The van der Waals surface area contributed by atoms with Crippen LogP contribution in [0, 0.1) is 5.92 Å².